The molecule has 5 rings (SSSR count). The number of nitrogens with one attached hydrogen (secondary N) is 1. The van der Waals surface area contributed by atoms with Crippen LogP contribution in [0.15, 0.2) is 65.7 Å². The molecule has 3 aromatic heterocycles. The summed E-state index contributed by atoms with van der Waals surface area (Å²) in [6.07, 6.45) is 0.475. The zero-order valence-corrected chi connectivity index (χ0v) is 16.6. The minimum atomic E-state index is -4.43. The van der Waals surface area contributed by atoms with E-state index in [0.717, 1.165) is 28.8 Å². The Balaban J connectivity index is 1.53. The molecule has 0 aliphatic carbocycles. The van der Waals surface area contributed by atoms with E-state index in [-0.39, 0.29) is 5.69 Å². The lowest BCUT2D eigenvalue weighted by Crippen LogP contribution is -2.05. The van der Waals surface area contributed by atoms with Gasteiger partial charge in [-0.15, -0.1) is 0 Å². The highest BCUT2D eigenvalue weighted by Crippen LogP contribution is 2.33. The van der Waals surface area contributed by atoms with Gasteiger partial charge in [0.1, 0.15) is 6.33 Å². The number of benzene rings is 2. The molecule has 0 spiro atoms. The fraction of sp³-hybridized carbons (Fsp3) is 0.0870. The molecule has 0 aliphatic heterocycles. The molecular weight excluding hydrogens is 419 g/mol. The smallest absolute Gasteiger partial charge is 0.353 e. The average Bonchev–Trinajstić information content (AvgIpc) is 3.37. The Hall–Kier alpha value is -4.32. The fourth-order valence-electron chi connectivity index (χ4n) is 3.33. The number of nitrogens with zero attached hydrogens (tertiary/aromatic N) is 4. The summed E-state index contributed by atoms with van der Waals surface area (Å²) in [6, 6.07) is 10.4. The molecule has 9 heteroatoms. The van der Waals surface area contributed by atoms with Gasteiger partial charge in [0, 0.05) is 11.9 Å². The molecular formula is C23H14F3N5O. The van der Waals surface area contributed by atoms with Gasteiger partial charge in [-0.05, 0) is 42.8 Å². The minimum Gasteiger partial charge on any atom is -0.353 e. The maximum atomic E-state index is 13.0. The molecule has 0 radical (unpaired) electrons. The Morgan fingerprint density at radius 2 is 1.97 bits per heavy atom. The molecule has 0 saturated carbocycles. The summed E-state index contributed by atoms with van der Waals surface area (Å²) >= 11 is 0. The van der Waals surface area contributed by atoms with Gasteiger partial charge in [0.05, 0.1) is 33.8 Å². The molecule has 32 heavy (non-hydrogen) atoms. The van der Waals surface area contributed by atoms with E-state index in [2.05, 4.69) is 32.4 Å². The normalized spacial score (nSPS) is 11.5. The largest absolute Gasteiger partial charge is 0.416 e. The number of hydrogen-bond donors (Lipinski definition) is 1. The van der Waals surface area contributed by atoms with Crippen molar-refractivity contribution in [3.05, 3.63) is 83.4 Å². The van der Waals surface area contributed by atoms with Crippen LogP contribution in [-0.2, 0) is 6.18 Å². The van der Waals surface area contributed by atoms with E-state index >= 15 is 0 Å². The molecule has 1 N–H and O–H groups in total. The van der Waals surface area contributed by atoms with E-state index in [4.69, 9.17) is 4.52 Å². The number of rotatable bonds is 2. The second-order valence-corrected chi connectivity index (χ2v) is 7.09. The van der Waals surface area contributed by atoms with Crippen molar-refractivity contribution in [1.82, 2.24) is 19.8 Å². The first-order valence-corrected chi connectivity index (χ1v) is 9.53. The molecule has 3 heterocycles. The molecule has 0 bridgehead atoms. The quantitative estimate of drug-likeness (QED) is 0.381. The van der Waals surface area contributed by atoms with Crippen LogP contribution in [0.2, 0.25) is 0 Å². The Kier molecular flexibility index (Phi) is 4.56. The highest BCUT2D eigenvalue weighted by molar-refractivity contribution is 5.94. The third-order valence-corrected chi connectivity index (χ3v) is 4.95. The van der Waals surface area contributed by atoms with Crippen molar-refractivity contribution in [2.45, 2.75) is 13.1 Å². The molecule has 0 aliphatic rings. The van der Waals surface area contributed by atoms with Gasteiger partial charge in [-0.1, -0.05) is 29.1 Å². The average molecular weight is 433 g/mol. The molecule has 5 aromatic rings. The SMILES string of the molecule is Cc1ccc2c(Nc3cccc(C(F)(F)F)c3)noc2c1C#Cc1cnn2cnccc12. The summed E-state index contributed by atoms with van der Waals surface area (Å²) in [5, 5.41) is 11.8. The van der Waals surface area contributed by atoms with Crippen molar-refractivity contribution in [2.75, 3.05) is 5.32 Å². The molecule has 158 valence electrons. The molecule has 6 nitrogen and oxygen atoms in total. The maximum absolute atomic E-state index is 13.0. The van der Waals surface area contributed by atoms with Gasteiger partial charge < -0.3 is 9.84 Å². The molecule has 2 aromatic carbocycles. The van der Waals surface area contributed by atoms with Crippen molar-refractivity contribution in [3.8, 4) is 11.8 Å². The lowest BCUT2D eigenvalue weighted by molar-refractivity contribution is -0.137. The molecule has 0 fully saturated rings. The Labute approximate surface area is 179 Å². The van der Waals surface area contributed by atoms with Crippen LogP contribution < -0.4 is 5.32 Å². The predicted octanol–water partition coefficient (Wildman–Crippen LogP) is 5.34. The van der Waals surface area contributed by atoms with Gasteiger partial charge in [0.15, 0.2) is 11.4 Å². The van der Waals surface area contributed by atoms with Gasteiger partial charge in [-0.3, -0.25) is 0 Å². The Morgan fingerprint density at radius 1 is 1.09 bits per heavy atom. The minimum absolute atomic E-state index is 0.253. The zero-order valence-electron chi connectivity index (χ0n) is 16.6. The first-order valence-electron chi connectivity index (χ1n) is 9.53. The zero-order chi connectivity index (χ0) is 22.3. The van der Waals surface area contributed by atoms with E-state index in [1.807, 2.05) is 19.1 Å². The summed E-state index contributed by atoms with van der Waals surface area (Å²) in [5.74, 6) is 6.54. The lowest BCUT2D eigenvalue weighted by atomic mass is 10.1. The molecule has 0 atom stereocenters. The first-order chi connectivity index (χ1) is 15.4. The maximum Gasteiger partial charge on any atom is 0.416 e. The summed E-state index contributed by atoms with van der Waals surface area (Å²) in [6.45, 7) is 1.89. The van der Waals surface area contributed by atoms with E-state index in [9.17, 15) is 13.2 Å². The number of aromatic nitrogens is 4. The Morgan fingerprint density at radius 3 is 2.81 bits per heavy atom. The van der Waals surface area contributed by atoms with Crippen LogP contribution in [-0.4, -0.2) is 19.8 Å². The van der Waals surface area contributed by atoms with Gasteiger partial charge in [0.2, 0.25) is 0 Å². The molecule has 0 amide bonds. The monoisotopic (exact) mass is 433 g/mol. The van der Waals surface area contributed by atoms with Crippen molar-refractivity contribution in [3.63, 3.8) is 0 Å². The second-order valence-electron chi connectivity index (χ2n) is 7.09. The van der Waals surface area contributed by atoms with Crippen LogP contribution >= 0.6 is 0 Å². The van der Waals surface area contributed by atoms with Crippen molar-refractivity contribution in [2.24, 2.45) is 0 Å². The van der Waals surface area contributed by atoms with E-state index in [0.29, 0.717) is 22.4 Å². The number of halogens is 3. The van der Waals surface area contributed by atoms with Gasteiger partial charge >= 0.3 is 6.18 Å². The fourth-order valence-corrected chi connectivity index (χ4v) is 3.33. The van der Waals surface area contributed by atoms with E-state index < -0.39 is 11.7 Å². The lowest BCUT2D eigenvalue weighted by Gasteiger charge is -2.09. The number of alkyl halides is 3. The van der Waals surface area contributed by atoms with Crippen LogP contribution in [0.5, 0.6) is 0 Å². The topological polar surface area (TPSA) is 68.2 Å². The van der Waals surface area contributed by atoms with Crippen LogP contribution in [0.4, 0.5) is 24.7 Å². The highest BCUT2D eigenvalue weighted by Gasteiger charge is 2.30. The van der Waals surface area contributed by atoms with Crippen molar-refractivity contribution in [1.29, 1.82) is 0 Å². The van der Waals surface area contributed by atoms with Crippen LogP contribution in [0.25, 0.3) is 16.5 Å². The van der Waals surface area contributed by atoms with Gasteiger partial charge in [-0.2, -0.15) is 18.3 Å². The number of anilines is 2. The molecule has 0 unspecified atom stereocenters. The van der Waals surface area contributed by atoms with Crippen LogP contribution in [0.3, 0.4) is 0 Å². The van der Waals surface area contributed by atoms with E-state index in [1.54, 1.807) is 29.3 Å². The van der Waals surface area contributed by atoms with Crippen LogP contribution in [0.1, 0.15) is 22.3 Å². The van der Waals surface area contributed by atoms with Gasteiger partial charge in [0.25, 0.3) is 0 Å². The van der Waals surface area contributed by atoms with Crippen LogP contribution in [0, 0.1) is 18.8 Å². The third-order valence-electron chi connectivity index (χ3n) is 4.95. The predicted molar refractivity (Wildman–Crippen MR) is 112 cm³/mol. The third kappa shape index (κ3) is 3.52. The van der Waals surface area contributed by atoms with Crippen molar-refractivity contribution < 1.29 is 17.7 Å². The number of aryl methyl sites for hydroxylation is 1. The second kappa shape index (κ2) is 7.42. The number of fused-ring (bicyclic) bond motifs is 2. The summed E-state index contributed by atoms with van der Waals surface area (Å²) < 4.78 is 46.2. The summed E-state index contributed by atoms with van der Waals surface area (Å²) in [7, 11) is 0. The Bertz CT molecular complexity index is 1520. The summed E-state index contributed by atoms with van der Waals surface area (Å²) in [4.78, 5) is 4.02. The van der Waals surface area contributed by atoms with Crippen molar-refractivity contribution >= 4 is 28.0 Å². The number of hydrogen-bond acceptors (Lipinski definition) is 5. The summed E-state index contributed by atoms with van der Waals surface area (Å²) in [5.41, 5.74) is 3.02. The highest BCUT2D eigenvalue weighted by atomic mass is 19.4. The first kappa shape index (κ1) is 19.6. The standard InChI is InChI=1S/C23H14F3N5O/c1-14-5-7-19-21(18(14)8-6-15-12-28-31-13-27-10-9-20(15)31)32-30-22(19)29-17-4-2-3-16(11-17)23(24,25)26/h2-5,7,9-13H,1H3,(H,29,30). The van der Waals surface area contributed by atoms with E-state index in [1.165, 1.54) is 12.1 Å². The molecule has 0 saturated heterocycles. The van der Waals surface area contributed by atoms with Gasteiger partial charge in [-0.25, -0.2) is 9.50 Å².